The largest absolute Gasteiger partial charge is 0.462 e. The molecule has 26 heavy (non-hydrogen) atoms. The van der Waals surface area contributed by atoms with Gasteiger partial charge in [-0.3, -0.25) is 9.69 Å². The van der Waals surface area contributed by atoms with Crippen LogP contribution < -0.4 is 4.90 Å². The Morgan fingerprint density at radius 2 is 2.00 bits per heavy atom. The lowest BCUT2D eigenvalue weighted by molar-refractivity contribution is -0.149. The van der Waals surface area contributed by atoms with Gasteiger partial charge in [0.2, 0.25) is 0 Å². The number of anilines is 1. The van der Waals surface area contributed by atoms with Gasteiger partial charge in [0.15, 0.2) is 0 Å². The molecule has 0 aliphatic carbocycles. The molecule has 2 saturated heterocycles. The number of carbonyl (C=O) groups excluding carboxylic acids is 1. The average molecular weight is 356 g/mol. The smallest absolute Gasteiger partial charge is 0.312 e. The van der Waals surface area contributed by atoms with Crippen molar-refractivity contribution in [3.05, 3.63) is 23.9 Å². The maximum absolute atomic E-state index is 12.2. The maximum atomic E-state index is 12.2. The third-order valence-electron chi connectivity index (χ3n) is 6.02. The molecule has 0 bridgehead atoms. The molecule has 0 amide bonds. The first kappa shape index (κ1) is 18.7. The number of carbonyl (C=O) groups is 1. The highest BCUT2D eigenvalue weighted by atomic mass is 16.6. The Kier molecular flexibility index (Phi) is 5.77. The van der Waals surface area contributed by atoms with Crippen LogP contribution in [0.4, 0.5) is 5.82 Å². The van der Waals surface area contributed by atoms with Gasteiger partial charge >= 0.3 is 5.97 Å². The summed E-state index contributed by atoms with van der Waals surface area (Å²) in [5.74, 6) is 0.938. The molecule has 1 aromatic rings. The van der Waals surface area contributed by atoms with Crippen molar-refractivity contribution in [2.45, 2.75) is 45.6 Å². The Labute approximate surface area is 155 Å². The summed E-state index contributed by atoms with van der Waals surface area (Å²) in [4.78, 5) is 21.3. The summed E-state index contributed by atoms with van der Waals surface area (Å²) in [6.07, 6.45) is 5.23. The summed E-state index contributed by atoms with van der Waals surface area (Å²) >= 11 is 0. The van der Waals surface area contributed by atoms with Gasteiger partial charge in [0.1, 0.15) is 18.0 Å². The van der Waals surface area contributed by atoms with E-state index in [1.54, 1.807) is 6.20 Å². The fraction of sp³-hybridized carbons (Fsp3) is 0.650. The molecular weight excluding hydrogens is 328 g/mol. The summed E-state index contributed by atoms with van der Waals surface area (Å²) in [6.45, 7) is 8.96. The molecular formula is C20H28N4O2. The highest BCUT2D eigenvalue weighted by Gasteiger charge is 2.46. The number of cyclic esters (lactones) is 1. The molecule has 1 atom stereocenters. The molecule has 6 heteroatoms. The van der Waals surface area contributed by atoms with Gasteiger partial charge in [0.25, 0.3) is 0 Å². The van der Waals surface area contributed by atoms with Crippen LogP contribution in [-0.4, -0.2) is 54.7 Å². The van der Waals surface area contributed by atoms with Crippen LogP contribution in [0.3, 0.4) is 0 Å². The number of aromatic nitrogens is 1. The Morgan fingerprint density at radius 3 is 2.54 bits per heavy atom. The number of hydrogen-bond acceptors (Lipinski definition) is 6. The lowest BCUT2D eigenvalue weighted by atomic mass is 9.79. The maximum Gasteiger partial charge on any atom is 0.312 e. The molecule has 3 heterocycles. The van der Waals surface area contributed by atoms with Crippen molar-refractivity contribution >= 4 is 11.8 Å². The number of nitriles is 1. The van der Waals surface area contributed by atoms with E-state index in [0.717, 1.165) is 64.2 Å². The number of hydrogen-bond donors (Lipinski definition) is 0. The number of nitrogens with zero attached hydrogens (tertiary/aromatic N) is 4. The summed E-state index contributed by atoms with van der Waals surface area (Å²) in [5.41, 5.74) is 0.346. The van der Waals surface area contributed by atoms with E-state index in [1.165, 1.54) is 0 Å². The molecule has 140 valence electrons. The summed E-state index contributed by atoms with van der Waals surface area (Å²) in [5, 5.41) is 8.86. The molecule has 6 nitrogen and oxygen atoms in total. The lowest BCUT2D eigenvalue weighted by Gasteiger charge is -2.35. The van der Waals surface area contributed by atoms with Crippen LogP contribution in [0, 0.1) is 16.7 Å². The predicted octanol–water partition coefficient (Wildman–Crippen LogP) is 2.59. The zero-order valence-electron chi connectivity index (χ0n) is 15.8. The van der Waals surface area contributed by atoms with Crippen molar-refractivity contribution < 1.29 is 9.53 Å². The van der Waals surface area contributed by atoms with E-state index in [1.807, 2.05) is 12.1 Å². The second kappa shape index (κ2) is 8.05. The van der Waals surface area contributed by atoms with E-state index in [-0.39, 0.29) is 17.5 Å². The third-order valence-corrected chi connectivity index (χ3v) is 6.02. The first-order chi connectivity index (χ1) is 12.6. The van der Waals surface area contributed by atoms with Crippen molar-refractivity contribution in [1.82, 2.24) is 9.88 Å². The molecule has 2 aliphatic rings. The standard InChI is InChI=1S/C20H28N4O2/c1-3-20(4-2)13-17(26-19(20)25)7-8-23-9-11-24(12-10-23)18-6-5-16(14-21)15-22-18/h5-6,15,17H,3-4,7-13H2,1-2H3. The van der Waals surface area contributed by atoms with Crippen molar-refractivity contribution in [2.24, 2.45) is 5.41 Å². The molecule has 1 unspecified atom stereocenters. The van der Waals surface area contributed by atoms with Crippen molar-refractivity contribution in [1.29, 1.82) is 5.26 Å². The highest BCUT2D eigenvalue weighted by molar-refractivity contribution is 5.78. The molecule has 0 N–H and O–H groups in total. The quantitative estimate of drug-likeness (QED) is 0.730. The van der Waals surface area contributed by atoms with Crippen molar-refractivity contribution in [3.8, 4) is 6.07 Å². The fourth-order valence-electron chi connectivity index (χ4n) is 3.99. The molecule has 3 rings (SSSR count). The summed E-state index contributed by atoms with van der Waals surface area (Å²) in [7, 11) is 0. The Balaban J connectivity index is 1.45. The topological polar surface area (TPSA) is 69.5 Å². The predicted molar refractivity (Wildman–Crippen MR) is 99.7 cm³/mol. The summed E-state index contributed by atoms with van der Waals surface area (Å²) < 4.78 is 5.65. The van der Waals surface area contributed by atoms with E-state index >= 15 is 0 Å². The van der Waals surface area contributed by atoms with E-state index < -0.39 is 0 Å². The number of rotatable bonds is 6. The van der Waals surface area contributed by atoms with Crippen LogP contribution in [0.2, 0.25) is 0 Å². The molecule has 0 aromatic carbocycles. The third kappa shape index (κ3) is 3.83. The number of pyridine rings is 1. The van der Waals surface area contributed by atoms with Crippen LogP contribution in [0.5, 0.6) is 0 Å². The minimum atomic E-state index is -0.245. The Bertz CT molecular complexity index is 655. The van der Waals surface area contributed by atoms with Gasteiger partial charge in [-0.15, -0.1) is 0 Å². The van der Waals surface area contributed by atoms with Gasteiger partial charge in [0.05, 0.1) is 11.0 Å². The van der Waals surface area contributed by atoms with Gasteiger partial charge < -0.3 is 9.64 Å². The van der Waals surface area contributed by atoms with Crippen LogP contribution in [0.25, 0.3) is 0 Å². The minimum absolute atomic E-state index is 0.00390. The number of piperazine rings is 1. The molecule has 0 radical (unpaired) electrons. The first-order valence-electron chi connectivity index (χ1n) is 9.64. The van der Waals surface area contributed by atoms with Crippen LogP contribution in [0.15, 0.2) is 18.3 Å². The average Bonchev–Trinajstić information content (AvgIpc) is 3.03. The molecule has 0 saturated carbocycles. The molecule has 2 aliphatic heterocycles. The lowest BCUT2D eigenvalue weighted by Crippen LogP contribution is -2.47. The van der Waals surface area contributed by atoms with Crippen LogP contribution in [0.1, 0.15) is 45.1 Å². The fourth-order valence-corrected chi connectivity index (χ4v) is 3.99. The van der Waals surface area contributed by atoms with Crippen molar-refractivity contribution in [2.75, 3.05) is 37.6 Å². The second-order valence-electron chi connectivity index (χ2n) is 7.35. The van der Waals surface area contributed by atoms with Crippen LogP contribution in [-0.2, 0) is 9.53 Å². The Hall–Kier alpha value is -2.13. The van der Waals surface area contributed by atoms with Crippen LogP contribution >= 0.6 is 0 Å². The Morgan fingerprint density at radius 1 is 1.27 bits per heavy atom. The monoisotopic (exact) mass is 356 g/mol. The van der Waals surface area contributed by atoms with Gasteiger partial charge in [-0.25, -0.2) is 4.98 Å². The van der Waals surface area contributed by atoms with E-state index in [2.05, 4.69) is 34.7 Å². The van der Waals surface area contributed by atoms with E-state index in [4.69, 9.17) is 10.00 Å². The minimum Gasteiger partial charge on any atom is -0.462 e. The normalized spacial score (nSPS) is 22.9. The summed E-state index contributed by atoms with van der Waals surface area (Å²) in [6, 6.07) is 5.83. The molecule has 0 spiro atoms. The second-order valence-corrected chi connectivity index (χ2v) is 7.35. The zero-order chi connectivity index (χ0) is 18.6. The van der Waals surface area contributed by atoms with Gasteiger partial charge in [0, 0.05) is 45.3 Å². The van der Waals surface area contributed by atoms with Crippen molar-refractivity contribution in [3.63, 3.8) is 0 Å². The molecule has 1 aromatic heterocycles. The van der Waals surface area contributed by atoms with Gasteiger partial charge in [-0.2, -0.15) is 5.26 Å². The molecule has 2 fully saturated rings. The number of ether oxygens (including phenoxy) is 1. The van der Waals surface area contributed by atoms with E-state index in [0.29, 0.717) is 5.56 Å². The first-order valence-corrected chi connectivity index (χ1v) is 9.64. The van der Waals surface area contributed by atoms with Gasteiger partial charge in [-0.05, 0) is 31.4 Å². The van der Waals surface area contributed by atoms with Gasteiger partial charge in [-0.1, -0.05) is 13.8 Å². The SMILES string of the molecule is CCC1(CC)CC(CCN2CCN(c3ccc(C#N)cn3)CC2)OC1=O. The highest BCUT2D eigenvalue weighted by Crippen LogP contribution is 2.41. The number of esters is 1. The van der Waals surface area contributed by atoms with E-state index in [9.17, 15) is 4.79 Å². The zero-order valence-corrected chi connectivity index (χ0v) is 15.8.